The molecule has 138 valence electrons. The summed E-state index contributed by atoms with van der Waals surface area (Å²) in [5.41, 5.74) is 1.38. The molecule has 27 heavy (non-hydrogen) atoms. The average Bonchev–Trinajstić information content (AvgIpc) is 3.01. The summed E-state index contributed by atoms with van der Waals surface area (Å²) in [6.07, 6.45) is 0.204. The zero-order valence-corrected chi connectivity index (χ0v) is 15.4. The minimum atomic E-state index is -3.12. The Bertz CT molecular complexity index is 1060. The Labute approximate surface area is 160 Å². The fraction of sp³-hybridized carbons (Fsp3) is 0.167. The molecular weight excluding hydrogens is 426 g/mol. The van der Waals surface area contributed by atoms with Crippen LogP contribution in [0.1, 0.15) is 27.4 Å². The molecule has 0 unspecified atom stereocenters. The van der Waals surface area contributed by atoms with Gasteiger partial charge in [0.2, 0.25) is 0 Å². The molecule has 1 aromatic heterocycles. The van der Waals surface area contributed by atoms with Crippen molar-refractivity contribution in [3.8, 4) is 11.8 Å². The number of nitriles is 1. The van der Waals surface area contributed by atoms with Gasteiger partial charge in [0.15, 0.2) is 11.5 Å². The number of aromatic nitrogens is 1. The smallest absolute Gasteiger partial charge is 0.387 e. The number of methoxy groups -OCH3 is 1. The summed E-state index contributed by atoms with van der Waals surface area (Å²) >= 11 is 3.31. The number of carbonyl (C=O) groups excluding carboxylic acids is 1. The van der Waals surface area contributed by atoms with E-state index in [1.807, 2.05) is 0 Å². The fourth-order valence-corrected chi connectivity index (χ4v) is 3.04. The first-order chi connectivity index (χ1) is 12.9. The molecule has 3 aromatic rings. The molecular formula is C18H11BrF2N2O4. The lowest BCUT2D eigenvalue weighted by molar-refractivity contribution is -0.0503. The Hall–Kier alpha value is -2.99. The summed E-state index contributed by atoms with van der Waals surface area (Å²) < 4.78 is 40.5. The first-order valence-electron chi connectivity index (χ1n) is 7.57. The molecule has 6 nitrogen and oxygen atoms in total. The molecule has 0 atom stereocenters. The molecule has 1 heterocycles. The number of benzene rings is 2. The third-order valence-electron chi connectivity index (χ3n) is 3.71. The van der Waals surface area contributed by atoms with Gasteiger partial charge < -0.3 is 13.9 Å². The number of oxazole rings is 1. The zero-order valence-electron chi connectivity index (χ0n) is 13.8. The first-order valence-corrected chi connectivity index (χ1v) is 8.36. The van der Waals surface area contributed by atoms with E-state index < -0.39 is 12.6 Å². The summed E-state index contributed by atoms with van der Waals surface area (Å²) in [7, 11) is 1.13. The molecule has 0 aliphatic heterocycles. The summed E-state index contributed by atoms with van der Waals surface area (Å²) in [4.78, 5) is 16.1. The number of esters is 1. The maximum atomic E-state index is 12.6. The molecule has 0 fully saturated rings. The predicted octanol–water partition coefficient (Wildman–Crippen LogP) is 4.44. The predicted molar refractivity (Wildman–Crippen MR) is 93.6 cm³/mol. The maximum Gasteiger partial charge on any atom is 0.387 e. The third-order valence-corrected chi connectivity index (χ3v) is 4.37. The van der Waals surface area contributed by atoms with Crippen LogP contribution >= 0.6 is 15.9 Å². The van der Waals surface area contributed by atoms with Gasteiger partial charge in [-0.25, -0.2) is 9.78 Å². The van der Waals surface area contributed by atoms with Gasteiger partial charge in [-0.05, 0) is 33.6 Å². The van der Waals surface area contributed by atoms with Crippen molar-refractivity contribution in [1.82, 2.24) is 4.98 Å². The Morgan fingerprint density at radius 2 is 2.19 bits per heavy atom. The highest BCUT2D eigenvalue weighted by Gasteiger charge is 2.21. The summed E-state index contributed by atoms with van der Waals surface area (Å²) in [5, 5.41) is 9.29. The zero-order chi connectivity index (χ0) is 19.6. The number of alkyl halides is 2. The van der Waals surface area contributed by atoms with Crippen LogP contribution in [0.4, 0.5) is 8.78 Å². The highest BCUT2D eigenvalue weighted by molar-refractivity contribution is 9.10. The number of fused-ring (bicyclic) bond motifs is 1. The molecule has 0 saturated heterocycles. The van der Waals surface area contributed by atoms with Gasteiger partial charge in [-0.3, -0.25) is 0 Å². The van der Waals surface area contributed by atoms with Crippen LogP contribution in [-0.4, -0.2) is 24.7 Å². The van der Waals surface area contributed by atoms with Gasteiger partial charge >= 0.3 is 12.6 Å². The minimum absolute atomic E-state index is 0.168. The van der Waals surface area contributed by atoms with Crippen LogP contribution in [0.25, 0.3) is 11.1 Å². The molecule has 0 N–H and O–H groups in total. The first kappa shape index (κ1) is 18.8. The standard InChI is InChI=1S/C18H11BrF2N2O4/c1-25-17(24)10-6-13-15(7-14(10)27-18(20)21)26-16(23-13)5-9-3-2-4-12(19)11(9)8-22/h2-4,6-7,18H,5H2,1H3. The van der Waals surface area contributed by atoms with E-state index in [0.29, 0.717) is 15.6 Å². The minimum Gasteiger partial charge on any atom is -0.465 e. The van der Waals surface area contributed by atoms with Gasteiger partial charge in [-0.1, -0.05) is 12.1 Å². The number of rotatable bonds is 5. The number of ether oxygens (including phenoxy) is 2. The fourth-order valence-electron chi connectivity index (χ4n) is 2.55. The van der Waals surface area contributed by atoms with Gasteiger partial charge in [0.25, 0.3) is 0 Å². The van der Waals surface area contributed by atoms with Crippen molar-refractivity contribution in [3.63, 3.8) is 0 Å². The van der Waals surface area contributed by atoms with E-state index >= 15 is 0 Å². The Balaban J connectivity index is 2.04. The monoisotopic (exact) mass is 436 g/mol. The van der Waals surface area contributed by atoms with Crippen LogP contribution in [0.2, 0.25) is 0 Å². The third kappa shape index (κ3) is 3.90. The molecule has 0 radical (unpaired) electrons. The topological polar surface area (TPSA) is 85.4 Å². The normalized spacial score (nSPS) is 10.8. The van der Waals surface area contributed by atoms with Gasteiger partial charge in [0, 0.05) is 10.5 Å². The number of nitrogens with zero attached hydrogens (tertiary/aromatic N) is 2. The van der Waals surface area contributed by atoms with Crippen molar-refractivity contribution in [2.75, 3.05) is 7.11 Å². The van der Waals surface area contributed by atoms with Crippen molar-refractivity contribution < 1.29 is 27.5 Å². The van der Waals surface area contributed by atoms with Gasteiger partial charge in [-0.2, -0.15) is 14.0 Å². The molecule has 0 bridgehead atoms. The molecule has 0 spiro atoms. The van der Waals surface area contributed by atoms with Crippen molar-refractivity contribution in [3.05, 3.63) is 57.4 Å². The largest absolute Gasteiger partial charge is 0.465 e. The lowest BCUT2D eigenvalue weighted by atomic mass is 10.1. The van der Waals surface area contributed by atoms with Crippen LogP contribution in [0.3, 0.4) is 0 Å². The lowest BCUT2D eigenvalue weighted by Gasteiger charge is -2.08. The molecule has 3 rings (SSSR count). The number of halogens is 3. The van der Waals surface area contributed by atoms with E-state index in [4.69, 9.17) is 4.42 Å². The summed E-state index contributed by atoms with van der Waals surface area (Å²) in [6.45, 7) is -3.12. The van der Waals surface area contributed by atoms with Crippen molar-refractivity contribution in [2.24, 2.45) is 0 Å². The Morgan fingerprint density at radius 3 is 2.85 bits per heavy atom. The van der Waals surface area contributed by atoms with Gasteiger partial charge in [0.05, 0.1) is 19.1 Å². The van der Waals surface area contributed by atoms with Gasteiger partial charge in [0.1, 0.15) is 22.9 Å². The van der Waals surface area contributed by atoms with Crippen LogP contribution in [0.5, 0.6) is 5.75 Å². The quantitative estimate of drug-likeness (QED) is 0.549. The summed E-state index contributed by atoms with van der Waals surface area (Å²) in [5.74, 6) is -0.951. The van der Waals surface area contributed by atoms with Crippen molar-refractivity contribution in [2.45, 2.75) is 13.0 Å². The van der Waals surface area contributed by atoms with E-state index in [9.17, 15) is 18.8 Å². The molecule has 0 saturated carbocycles. The Kier molecular flexibility index (Phi) is 5.37. The van der Waals surface area contributed by atoms with E-state index in [2.05, 4.69) is 36.5 Å². The summed E-state index contributed by atoms with van der Waals surface area (Å²) in [6, 6.07) is 9.79. The number of hydrogen-bond donors (Lipinski definition) is 0. The molecule has 9 heteroatoms. The molecule has 0 aliphatic carbocycles. The second-order valence-corrected chi connectivity index (χ2v) is 6.21. The van der Waals surface area contributed by atoms with Crippen LogP contribution < -0.4 is 4.74 Å². The number of carbonyl (C=O) groups is 1. The van der Waals surface area contributed by atoms with Gasteiger partial charge in [-0.15, -0.1) is 0 Å². The van der Waals surface area contributed by atoms with Crippen LogP contribution in [0.15, 0.2) is 39.2 Å². The second-order valence-electron chi connectivity index (χ2n) is 5.36. The molecule has 2 aromatic carbocycles. The second kappa shape index (κ2) is 7.72. The Morgan fingerprint density at radius 1 is 1.41 bits per heavy atom. The SMILES string of the molecule is COC(=O)c1cc2nc(Cc3cccc(Br)c3C#N)oc2cc1OC(F)F. The van der Waals surface area contributed by atoms with E-state index in [1.54, 1.807) is 18.2 Å². The van der Waals surface area contributed by atoms with E-state index in [-0.39, 0.29) is 34.7 Å². The lowest BCUT2D eigenvalue weighted by Crippen LogP contribution is -2.09. The average molecular weight is 437 g/mol. The van der Waals surface area contributed by atoms with Crippen molar-refractivity contribution >= 4 is 33.0 Å². The van der Waals surface area contributed by atoms with Crippen LogP contribution in [-0.2, 0) is 11.2 Å². The van der Waals surface area contributed by atoms with E-state index in [1.165, 1.54) is 6.07 Å². The highest BCUT2D eigenvalue weighted by Crippen LogP contribution is 2.30. The van der Waals surface area contributed by atoms with E-state index in [0.717, 1.165) is 13.2 Å². The highest BCUT2D eigenvalue weighted by atomic mass is 79.9. The van der Waals surface area contributed by atoms with Crippen LogP contribution in [0, 0.1) is 11.3 Å². The molecule has 0 amide bonds. The molecule has 0 aliphatic rings. The maximum absolute atomic E-state index is 12.6. The number of hydrogen-bond acceptors (Lipinski definition) is 6. The van der Waals surface area contributed by atoms with Crippen molar-refractivity contribution in [1.29, 1.82) is 5.26 Å².